The lowest BCUT2D eigenvalue weighted by atomic mass is 10.1. The Balaban J connectivity index is 0.00000289. The summed E-state index contributed by atoms with van der Waals surface area (Å²) in [5.41, 5.74) is 1.26. The molecule has 0 bridgehead atoms. The van der Waals surface area contributed by atoms with Crippen LogP contribution in [0.1, 0.15) is 44.6 Å². The molecule has 1 aromatic carbocycles. The number of benzene rings is 1. The molecule has 2 fully saturated rings. The van der Waals surface area contributed by atoms with Crippen LogP contribution in [0.15, 0.2) is 41.9 Å². The van der Waals surface area contributed by atoms with Gasteiger partial charge in [-0.2, -0.15) is 0 Å². The van der Waals surface area contributed by atoms with Crippen molar-refractivity contribution in [2.45, 2.75) is 51.6 Å². The predicted octanol–water partition coefficient (Wildman–Crippen LogP) is 3.48. The SMILES string of the molecule is CCNC(=NCc1ccc(-n2ccnc2)c(F)c1)NC1CCN(C(=O)C2CCCC2)C1.I. The van der Waals surface area contributed by atoms with Gasteiger partial charge in [0.15, 0.2) is 5.96 Å². The average Bonchev–Trinajstić information content (AvgIpc) is 3.54. The third-order valence-electron chi connectivity index (χ3n) is 6.10. The van der Waals surface area contributed by atoms with Gasteiger partial charge in [-0.25, -0.2) is 14.4 Å². The summed E-state index contributed by atoms with van der Waals surface area (Å²) < 4.78 is 16.1. The molecule has 1 atom stereocenters. The van der Waals surface area contributed by atoms with Crippen LogP contribution in [0.2, 0.25) is 0 Å². The van der Waals surface area contributed by atoms with Crippen molar-refractivity contribution < 1.29 is 9.18 Å². The van der Waals surface area contributed by atoms with E-state index in [9.17, 15) is 9.18 Å². The molecule has 1 saturated heterocycles. The normalized spacial score (nSPS) is 19.1. The first-order valence-corrected chi connectivity index (χ1v) is 11.2. The van der Waals surface area contributed by atoms with E-state index in [0.29, 0.717) is 30.6 Å². The highest BCUT2D eigenvalue weighted by Crippen LogP contribution is 2.27. The van der Waals surface area contributed by atoms with E-state index in [1.54, 1.807) is 29.4 Å². The first kappa shape index (κ1) is 24.5. The van der Waals surface area contributed by atoms with Crippen molar-refractivity contribution in [1.29, 1.82) is 0 Å². The highest BCUT2D eigenvalue weighted by Gasteiger charge is 2.32. The molecule has 1 aliphatic carbocycles. The zero-order valence-corrected chi connectivity index (χ0v) is 20.8. The van der Waals surface area contributed by atoms with Crippen LogP contribution in [-0.4, -0.2) is 52.0 Å². The van der Waals surface area contributed by atoms with Crippen molar-refractivity contribution in [2.24, 2.45) is 10.9 Å². The van der Waals surface area contributed by atoms with Gasteiger partial charge in [0.25, 0.3) is 0 Å². The van der Waals surface area contributed by atoms with Gasteiger partial charge in [-0.15, -0.1) is 24.0 Å². The molecule has 32 heavy (non-hydrogen) atoms. The third-order valence-corrected chi connectivity index (χ3v) is 6.10. The summed E-state index contributed by atoms with van der Waals surface area (Å²) in [5, 5.41) is 6.71. The number of hydrogen-bond acceptors (Lipinski definition) is 3. The molecule has 1 aliphatic heterocycles. The molecule has 4 rings (SSSR count). The van der Waals surface area contributed by atoms with Crippen LogP contribution in [0.25, 0.3) is 5.69 Å². The quantitative estimate of drug-likeness (QED) is 0.326. The number of guanidine groups is 1. The number of aromatic nitrogens is 2. The van der Waals surface area contributed by atoms with Crippen LogP contribution >= 0.6 is 24.0 Å². The number of nitrogens with one attached hydrogen (secondary N) is 2. The van der Waals surface area contributed by atoms with Crippen molar-refractivity contribution in [1.82, 2.24) is 25.1 Å². The summed E-state index contributed by atoms with van der Waals surface area (Å²) in [5.74, 6) is 0.931. The number of likely N-dealkylation sites (tertiary alicyclic amines) is 1. The lowest BCUT2D eigenvalue weighted by Gasteiger charge is -2.21. The Morgan fingerprint density at radius 1 is 1.28 bits per heavy atom. The van der Waals surface area contributed by atoms with E-state index in [4.69, 9.17) is 0 Å². The number of hydrogen-bond donors (Lipinski definition) is 2. The van der Waals surface area contributed by atoms with Crippen LogP contribution in [-0.2, 0) is 11.3 Å². The zero-order chi connectivity index (χ0) is 21.6. The van der Waals surface area contributed by atoms with E-state index in [0.717, 1.165) is 37.9 Å². The number of imidazole rings is 1. The predicted molar refractivity (Wildman–Crippen MR) is 134 cm³/mol. The van der Waals surface area contributed by atoms with Gasteiger partial charge in [-0.1, -0.05) is 18.9 Å². The fourth-order valence-corrected chi connectivity index (χ4v) is 4.45. The van der Waals surface area contributed by atoms with Crippen LogP contribution in [0.4, 0.5) is 4.39 Å². The standard InChI is InChI=1S/C23H31FN6O.HI/c1-2-26-23(28-19-9-11-29(15-19)22(31)18-5-3-4-6-18)27-14-17-7-8-21(20(24)13-17)30-12-10-25-16-30;/h7-8,10,12-13,16,18-19H,2-6,9,11,14-15H2,1H3,(H2,26,27,28);1H. The summed E-state index contributed by atoms with van der Waals surface area (Å²) in [6, 6.07) is 5.32. The maximum atomic E-state index is 14.5. The number of nitrogens with zero attached hydrogens (tertiary/aromatic N) is 4. The molecule has 1 unspecified atom stereocenters. The van der Waals surface area contributed by atoms with Gasteiger partial charge in [-0.05, 0) is 43.9 Å². The highest BCUT2D eigenvalue weighted by atomic mass is 127. The van der Waals surface area contributed by atoms with Gasteiger partial charge < -0.3 is 20.1 Å². The zero-order valence-electron chi connectivity index (χ0n) is 18.5. The van der Waals surface area contributed by atoms with Crippen LogP contribution in [0.3, 0.4) is 0 Å². The topological polar surface area (TPSA) is 74.6 Å². The van der Waals surface area contributed by atoms with E-state index >= 15 is 0 Å². The van der Waals surface area contributed by atoms with Crippen molar-refractivity contribution in [2.75, 3.05) is 19.6 Å². The number of amides is 1. The van der Waals surface area contributed by atoms with E-state index in [2.05, 4.69) is 20.6 Å². The number of halogens is 2. The Bertz CT molecular complexity index is 913. The first-order valence-electron chi connectivity index (χ1n) is 11.2. The molecule has 1 aromatic heterocycles. The minimum atomic E-state index is -0.305. The molecule has 2 heterocycles. The molecule has 2 N–H and O–H groups in total. The van der Waals surface area contributed by atoms with E-state index in [-0.39, 0.29) is 41.8 Å². The Kier molecular flexibility index (Phi) is 8.89. The molecule has 1 amide bonds. The monoisotopic (exact) mass is 554 g/mol. The number of carbonyl (C=O) groups excluding carboxylic acids is 1. The van der Waals surface area contributed by atoms with Gasteiger partial charge in [0.1, 0.15) is 5.82 Å². The molecule has 1 saturated carbocycles. The van der Waals surface area contributed by atoms with Gasteiger partial charge in [0.05, 0.1) is 18.6 Å². The van der Waals surface area contributed by atoms with Gasteiger partial charge in [0, 0.05) is 44.0 Å². The second kappa shape index (κ2) is 11.6. The second-order valence-electron chi connectivity index (χ2n) is 8.35. The molecule has 174 valence electrons. The molecule has 2 aromatic rings. The molecular formula is C23H32FIN6O. The van der Waals surface area contributed by atoms with E-state index < -0.39 is 0 Å². The molecule has 0 spiro atoms. The Morgan fingerprint density at radius 2 is 2.09 bits per heavy atom. The lowest BCUT2D eigenvalue weighted by Crippen LogP contribution is -2.45. The van der Waals surface area contributed by atoms with E-state index in [1.807, 2.05) is 17.9 Å². The lowest BCUT2D eigenvalue weighted by molar-refractivity contribution is -0.134. The minimum Gasteiger partial charge on any atom is -0.357 e. The number of carbonyl (C=O) groups is 1. The maximum absolute atomic E-state index is 14.5. The summed E-state index contributed by atoms with van der Waals surface area (Å²) >= 11 is 0. The van der Waals surface area contributed by atoms with Crippen LogP contribution in [0, 0.1) is 11.7 Å². The largest absolute Gasteiger partial charge is 0.357 e. The maximum Gasteiger partial charge on any atom is 0.225 e. The Morgan fingerprint density at radius 3 is 2.78 bits per heavy atom. The van der Waals surface area contributed by atoms with Gasteiger partial charge in [-0.3, -0.25) is 4.79 Å². The molecule has 7 nitrogen and oxygen atoms in total. The Labute approximate surface area is 205 Å². The van der Waals surface area contributed by atoms with E-state index in [1.165, 1.54) is 18.9 Å². The fourth-order valence-electron chi connectivity index (χ4n) is 4.45. The fraction of sp³-hybridized carbons (Fsp3) is 0.522. The van der Waals surface area contributed by atoms with Gasteiger partial charge in [0.2, 0.25) is 5.91 Å². The smallest absolute Gasteiger partial charge is 0.225 e. The van der Waals surface area contributed by atoms with Crippen molar-refractivity contribution in [3.05, 3.63) is 48.3 Å². The first-order chi connectivity index (χ1) is 15.1. The second-order valence-corrected chi connectivity index (χ2v) is 8.35. The van der Waals surface area contributed by atoms with Crippen LogP contribution in [0.5, 0.6) is 0 Å². The van der Waals surface area contributed by atoms with Crippen molar-refractivity contribution in [3.63, 3.8) is 0 Å². The average molecular weight is 554 g/mol. The number of aliphatic imine (C=N–C) groups is 1. The van der Waals surface area contributed by atoms with Crippen LogP contribution < -0.4 is 10.6 Å². The Hall–Kier alpha value is -2.17. The summed E-state index contributed by atoms with van der Waals surface area (Å²) in [4.78, 5) is 23.3. The molecule has 9 heteroatoms. The molecular weight excluding hydrogens is 522 g/mol. The molecule has 0 radical (unpaired) electrons. The summed E-state index contributed by atoms with van der Waals surface area (Å²) in [6.45, 7) is 4.63. The minimum absolute atomic E-state index is 0. The number of rotatable bonds is 6. The third kappa shape index (κ3) is 5.99. The van der Waals surface area contributed by atoms with Gasteiger partial charge >= 0.3 is 0 Å². The summed E-state index contributed by atoms with van der Waals surface area (Å²) in [6.07, 6.45) is 10.2. The highest BCUT2D eigenvalue weighted by molar-refractivity contribution is 14.0. The van der Waals surface area contributed by atoms with Crippen molar-refractivity contribution in [3.8, 4) is 5.69 Å². The van der Waals surface area contributed by atoms with Crippen molar-refractivity contribution >= 4 is 35.8 Å². The summed E-state index contributed by atoms with van der Waals surface area (Å²) in [7, 11) is 0. The molecule has 2 aliphatic rings.